The quantitative estimate of drug-likeness (QED) is 0.720. The number of benzene rings is 2. The van der Waals surface area contributed by atoms with Crippen molar-refractivity contribution in [3.63, 3.8) is 0 Å². The number of carbonyl (C=O) groups excluding carboxylic acids is 2. The van der Waals surface area contributed by atoms with Crippen LogP contribution in [-0.4, -0.2) is 42.6 Å². The number of hydrogen-bond donors (Lipinski definition) is 2. The van der Waals surface area contributed by atoms with E-state index in [0.717, 1.165) is 43.6 Å². The molecule has 2 aromatic carbocycles. The third-order valence-corrected chi connectivity index (χ3v) is 5.45. The van der Waals surface area contributed by atoms with Gasteiger partial charge in [-0.05, 0) is 68.9 Å². The number of amides is 3. The van der Waals surface area contributed by atoms with Gasteiger partial charge >= 0.3 is 6.03 Å². The van der Waals surface area contributed by atoms with E-state index in [4.69, 9.17) is 4.74 Å². The molecule has 1 heterocycles. The summed E-state index contributed by atoms with van der Waals surface area (Å²) in [5.41, 5.74) is 1.95. The van der Waals surface area contributed by atoms with E-state index in [9.17, 15) is 9.59 Å². The van der Waals surface area contributed by atoms with Crippen LogP contribution in [-0.2, 0) is 4.79 Å². The molecule has 0 spiro atoms. The maximum absolute atomic E-state index is 12.5. The van der Waals surface area contributed by atoms with Gasteiger partial charge in [0.25, 0.3) is 5.91 Å². The largest absolute Gasteiger partial charge is 0.481 e. The zero-order chi connectivity index (χ0) is 21.3. The minimum Gasteiger partial charge on any atom is -0.481 e. The molecule has 30 heavy (non-hydrogen) atoms. The number of nitrogens with one attached hydrogen (secondary N) is 2. The first-order chi connectivity index (χ1) is 14.5. The van der Waals surface area contributed by atoms with Crippen molar-refractivity contribution >= 4 is 17.6 Å². The SMILES string of the molecule is Cc1cccc(NC(=O)N2CCC(CCNC(=O)C(C)Oc3ccccc3)CC2)c1. The molecule has 6 heteroatoms. The Morgan fingerprint density at radius 3 is 2.53 bits per heavy atom. The van der Waals surface area contributed by atoms with Gasteiger partial charge in [-0.2, -0.15) is 0 Å². The number of ether oxygens (including phenoxy) is 1. The molecule has 0 saturated carbocycles. The number of carbonyl (C=O) groups is 2. The van der Waals surface area contributed by atoms with Crippen LogP contribution in [0.2, 0.25) is 0 Å². The molecule has 1 aliphatic heterocycles. The van der Waals surface area contributed by atoms with E-state index >= 15 is 0 Å². The lowest BCUT2D eigenvalue weighted by molar-refractivity contribution is -0.127. The number of likely N-dealkylation sites (tertiary alicyclic amines) is 1. The van der Waals surface area contributed by atoms with E-state index < -0.39 is 6.10 Å². The Labute approximate surface area is 178 Å². The molecular weight excluding hydrogens is 378 g/mol. The number of hydrogen-bond acceptors (Lipinski definition) is 3. The van der Waals surface area contributed by atoms with Gasteiger partial charge in [0.05, 0.1) is 0 Å². The van der Waals surface area contributed by atoms with Crippen LogP contribution in [0.25, 0.3) is 0 Å². The van der Waals surface area contributed by atoms with Crippen LogP contribution < -0.4 is 15.4 Å². The lowest BCUT2D eigenvalue weighted by Crippen LogP contribution is -2.42. The van der Waals surface area contributed by atoms with Crippen molar-refractivity contribution in [2.24, 2.45) is 5.92 Å². The van der Waals surface area contributed by atoms with Gasteiger partial charge in [0, 0.05) is 25.3 Å². The van der Waals surface area contributed by atoms with Gasteiger partial charge in [-0.15, -0.1) is 0 Å². The van der Waals surface area contributed by atoms with Gasteiger partial charge in [-0.1, -0.05) is 30.3 Å². The monoisotopic (exact) mass is 409 g/mol. The summed E-state index contributed by atoms with van der Waals surface area (Å²) in [6.07, 6.45) is 2.29. The van der Waals surface area contributed by atoms with E-state index in [2.05, 4.69) is 10.6 Å². The Morgan fingerprint density at radius 1 is 1.10 bits per heavy atom. The lowest BCUT2D eigenvalue weighted by atomic mass is 9.93. The fourth-order valence-electron chi connectivity index (χ4n) is 3.65. The summed E-state index contributed by atoms with van der Waals surface area (Å²) in [6, 6.07) is 17.1. The van der Waals surface area contributed by atoms with Crippen LogP contribution in [0.5, 0.6) is 5.75 Å². The van der Waals surface area contributed by atoms with Crippen molar-refractivity contribution in [2.45, 2.75) is 39.2 Å². The molecule has 1 aliphatic rings. The molecule has 3 rings (SSSR count). The standard InChI is InChI=1S/C24H31N3O3/c1-18-7-6-8-21(17-18)26-24(29)27-15-12-20(13-16-27)11-14-25-23(28)19(2)30-22-9-4-3-5-10-22/h3-10,17,19-20H,11-16H2,1-2H3,(H,25,28)(H,26,29). The third kappa shape index (κ3) is 6.51. The van der Waals surface area contributed by atoms with Crippen LogP contribution in [0.4, 0.5) is 10.5 Å². The number of aryl methyl sites for hydroxylation is 1. The van der Waals surface area contributed by atoms with Gasteiger partial charge < -0.3 is 20.3 Å². The Morgan fingerprint density at radius 2 is 1.83 bits per heavy atom. The third-order valence-electron chi connectivity index (χ3n) is 5.45. The summed E-state index contributed by atoms with van der Waals surface area (Å²) in [4.78, 5) is 26.6. The highest BCUT2D eigenvalue weighted by Crippen LogP contribution is 2.21. The van der Waals surface area contributed by atoms with E-state index in [0.29, 0.717) is 18.2 Å². The molecule has 0 aromatic heterocycles. The molecule has 2 aromatic rings. The molecule has 1 unspecified atom stereocenters. The average Bonchev–Trinajstić information content (AvgIpc) is 2.75. The van der Waals surface area contributed by atoms with Crippen LogP contribution in [0.3, 0.4) is 0 Å². The normalized spacial score (nSPS) is 15.3. The molecule has 1 saturated heterocycles. The Bertz CT molecular complexity index is 833. The molecule has 0 bridgehead atoms. The molecule has 160 valence electrons. The topological polar surface area (TPSA) is 70.7 Å². The fourth-order valence-corrected chi connectivity index (χ4v) is 3.65. The molecule has 0 radical (unpaired) electrons. The highest BCUT2D eigenvalue weighted by Gasteiger charge is 2.23. The van der Waals surface area contributed by atoms with Gasteiger partial charge in [-0.25, -0.2) is 4.79 Å². The molecule has 1 atom stereocenters. The summed E-state index contributed by atoms with van der Waals surface area (Å²) in [5.74, 6) is 1.10. The minimum atomic E-state index is -0.528. The minimum absolute atomic E-state index is 0.0424. The van der Waals surface area contributed by atoms with Crippen molar-refractivity contribution in [1.29, 1.82) is 0 Å². The maximum atomic E-state index is 12.5. The van der Waals surface area contributed by atoms with Gasteiger partial charge in [0.2, 0.25) is 0 Å². The number of urea groups is 1. The Kier molecular flexibility index (Phi) is 7.71. The number of piperidine rings is 1. The van der Waals surface area contributed by atoms with Gasteiger partial charge in [0.15, 0.2) is 6.10 Å². The first-order valence-electron chi connectivity index (χ1n) is 10.6. The second-order valence-electron chi connectivity index (χ2n) is 7.88. The van der Waals surface area contributed by atoms with E-state index in [1.54, 1.807) is 6.92 Å². The zero-order valence-electron chi connectivity index (χ0n) is 17.8. The summed E-state index contributed by atoms with van der Waals surface area (Å²) in [6.45, 7) is 5.87. The molecular formula is C24H31N3O3. The van der Waals surface area contributed by atoms with Crippen molar-refractivity contribution in [2.75, 3.05) is 25.0 Å². The number of anilines is 1. The predicted molar refractivity (Wildman–Crippen MR) is 119 cm³/mol. The Balaban J connectivity index is 1.33. The predicted octanol–water partition coefficient (Wildman–Crippen LogP) is 4.21. The molecule has 6 nitrogen and oxygen atoms in total. The number of nitrogens with zero attached hydrogens (tertiary/aromatic N) is 1. The zero-order valence-corrected chi connectivity index (χ0v) is 17.8. The lowest BCUT2D eigenvalue weighted by Gasteiger charge is -2.32. The van der Waals surface area contributed by atoms with E-state index in [1.165, 1.54) is 0 Å². The average molecular weight is 410 g/mol. The highest BCUT2D eigenvalue weighted by atomic mass is 16.5. The molecule has 2 N–H and O–H groups in total. The van der Waals surface area contributed by atoms with E-state index in [1.807, 2.05) is 66.4 Å². The summed E-state index contributed by atoms with van der Waals surface area (Å²) in [7, 11) is 0. The van der Waals surface area contributed by atoms with Crippen LogP contribution in [0, 0.1) is 12.8 Å². The number of para-hydroxylation sites is 1. The molecule has 3 amide bonds. The van der Waals surface area contributed by atoms with Crippen molar-refractivity contribution in [3.8, 4) is 5.75 Å². The van der Waals surface area contributed by atoms with Crippen LogP contribution in [0.1, 0.15) is 31.7 Å². The van der Waals surface area contributed by atoms with Crippen molar-refractivity contribution in [3.05, 3.63) is 60.2 Å². The second-order valence-corrected chi connectivity index (χ2v) is 7.88. The van der Waals surface area contributed by atoms with Crippen LogP contribution >= 0.6 is 0 Å². The van der Waals surface area contributed by atoms with Crippen molar-refractivity contribution < 1.29 is 14.3 Å². The molecule has 0 aliphatic carbocycles. The summed E-state index contributed by atoms with van der Waals surface area (Å²) < 4.78 is 5.65. The van der Waals surface area contributed by atoms with Gasteiger partial charge in [0.1, 0.15) is 5.75 Å². The number of rotatable bonds is 7. The first kappa shape index (κ1) is 21.7. The maximum Gasteiger partial charge on any atom is 0.321 e. The van der Waals surface area contributed by atoms with E-state index in [-0.39, 0.29) is 11.9 Å². The smallest absolute Gasteiger partial charge is 0.321 e. The summed E-state index contributed by atoms with van der Waals surface area (Å²) >= 11 is 0. The van der Waals surface area contributed by atoms with Gasteiger partial charge in [-0.3, -0.25) is 4.79 Å². The highest BCUT2D eigenvalue weighted by molar-refractivity contribution is 5.89. The van der Waals surface area contributed by atoms with Crippen LogP contribution in [0.15, 0.2) is 54.6 Å². The fraction of sp³-hybridized carbons (Fsp3) is 0.417. The second kappa shape index (κ2) is 10.7. The molecule has 1 fully saturated rings. The first-order valence-corrected chi connectivity index (χ1v) is 10.6. The van der Waals surface area contributed by atoms with Crippen molar-refractivity contribution in [1.82, 2.24) is 10.2 Å². The Hall–Kier alpha value is -3.02. The summed E-state index contributed by atoms with van der Waals surface area (Å²) in [5, 5.41) is 5.94.